The van der Waals surface area contributed by atoms with Crippen LogP contribution in [0.15, 0.2) is 47.4 Å². The molecule has 4 N–H and O–H groups in total. The van der Waals surface area contributed by atoms with Crippen LogP contribution in [-0.4, -0.2) is 6.26 Å². The zero-order chi connectivity index (χ0) is 11.5. The number of hydrogen-bond acceptors (Lipinski definition) is 3. The van der Waals surface area contributed by atoms with E-state index < -0.39 is 0 Å². The first-order valence-electron chi connectivity index (χ1n) is 5.01. The zero-order valence-corrected chi connectivity index (χ0v) is 9.92. The Kier molecular flexibility index (Phi) is 3.06. The molecule has 2 aromatic carbocycles. The monoisotopic (exact) mass is 230 g/mol. The highest BCUT2D eigenvalue weighted by molar-refractivity contribution is 7.98. The molecule has 0 saturated heterocycles. The van der Waals surface area contributed by atoms with Crippen LogP contribution in [0.2, 0.25) is 0 Å². The van der Waals surface area contributed by atoms with Crippen molar-refractivity contribution < 1.29 is 0 Å². The number of benzene rings is 2. The van der Waals surface area contributed by atoms with Crippen molar-refractivity contribution in [3.63, 3.8) is 0 Å². The van der Waals surface area contributed by atoms with Gasteiger partial charge in [-0.05, 0) is 18.4 Å². The summed E-state index contributed by atoms with van der Waals surface area (Å²) in [7, 11) is 0. The summed E-state index contributed by atoms with van der Waals surface area (Å²) in [6.07, 6.45) is 2.02. The van der Waals surface area contributed by atoms with Gasteiger partial charge in [-0.2, -0.15) is 0 Å². The largest absolute Gasteiger partial charge is 0.398 e. The lowest BCUT2D eigenvalue weighted by Gasteiger charge is -2.11. The minimum Gasteiger partial charge on any atom is -0.398 e. The summed E-state index contributed by atoms with van der Waals surface area (Å²) < 4.78 is 0. The SMILES string of the molecule is CSc1cccc(-c2ccccc2N)c1N. The van der Waals surface area contributed by atoms with Crippen LogP contribution in [0.3, 0.4) is 0 Å². The molecule has 3 heteroatoms. The Labute approximate surface area is 99.7 Å². The Balaban J connectivity index is 2.61. The Morgan fingerprint density at radius 2 is 1.56 bits per heavy atom. The first-order chi connectivity index (χ1) is 7.74. The molecule has 2 nitrogen and oxygen atoms in total. The van der Waals surface area contributed by atoms with Crippen LogP contribution in [0.1, 0.15) is 0 Å². The van der Waals surface area contributed by atoms with E-state index in [2.05, 4.69) is 0 Å². The average Bonchev–Trinajstić information content (AvgIpc) is 2.31. The van der Waals surface area contributed by atoms with Crippen LogP contribution in [0.5, 0.6) is 0 Å². The van der Waals surface area contributed by atoms with E-state index in [0.29, 0.717) is 0 Å². The van der Waals surface area contributed by atoms with Gasteiger partial charge in [-0.25, -0.2) is 0 Å². The molecule has 82 valence electrons. The lowest BCUT2D eigenvalue weighted by molar-refractivity contribution is 1.46. The molecule has 16 heavy (non-hydrogen) atoms. The maximum atomic E-state index is 6.12. The molecule has 0 radical (unpaired) electrons. The highest BCUT2D eigenvalue weighted by Crippen LogP contribution is 2.35. The molecule has 0 atom stereocenters. The van der Waals surface area contributed by atoms with Gasteiger partial charge in [0.25, 0.3) is 0 Å². The first kappa shape index (κ1) is 10.9. The summed E-state index contributed by atoms with van der Waals surface area (Å²) in [5.41, 5.74) is 15.6. The van der Waals surface area contributed by atoms with Gasteiger partial charge in [0, 0.05) is 21.7 Å². The summed E-state index contributed by atoms with van der Waals surface area (Å²) in [4.78, 5) is 1.08. The van der Waals surface area contributed by atoms with Gasteiger partial charge in [0.2, 0.25) is 0 Å². The van der Waals surface area contributed by atoms with Crippen LogP contribution in [-0.2, 0) is 0 Å². The predicted molar refractivity (Wildman–Crippen MR) is 72.5 cm³/mol. The van der Waals surface area contributed by atoms with Gasteiger partial charge in [-0.1, -0.05) is 30.3 Å². The Bertz CT molecular complexity index is 509. The highest BCUT2D eigenvalue weighted by Gasteiger charge is 2.08. The lowest BCUT2D eigenvalue weighted by Crippen LogP contribution is -1.95. The Hall–Kier alpha value is -1.61. The Morgan fingerprint density at radius 1 is 0.875 bits per heavy atom. The quantitative estimate of drug-likeness (QED) is 0.615. The molecule has 0 fully saturated rings. The summed E-state index contributed by atoms with van der Waals surface area (Å²) >= 11 is 1.64. The lowest BCUT2D eigenvalue weighted by atomic mass is 10.0. The smallest absolute Gasteiger partial charge is 0.0532 e. The Morgan fingerprint density at radius 3 is 2.25 bits per heavy atom. The van der Waals surface area contributed by atoms with Crippen LogP contribution < -0.4 is 11.5 Å². The maximum Gasteiger partial charge on any atom is 0.0532 e. The van der Waals surface area contributed by atoms with Gasteiger partial charge >= 0.3 is 0 Å². The van der Waals surface area contributed by atoms with Crippen molar-refractivity contribution in [2.45, 2.75) is 4.90 Å². The fraction of sp³-hybridized carbons (Fsp3) is 0.0769. The van der Waals surface area contributed by atoms with Gasteiger partial charge in [0.1, 0.15) is 0 Å². The summed E-state index contributed by atoms with van der Waals surface area (Å²) in [6.45, 7) is 0. The van der Waals surface area contributed by atoms with Crippen molar-refractivity contribution in [2.75, 3.05) is 17.7 Å². The maximum absolute atomic E-state index is 6.12. The number of rotatable bonds is 2. The number of anilines is 2. The van der Waals surface area contributed by atoms with Gasteiger partial charge in [0.05, 0.1) is 5.69 Å². The van der Waals surface area contributed by atoms with E-state index in [-0.39, 0.29) is 0 Å². The molecule has 0 unspecified atom stereocenters. The van der Waals surface area contributed by atoms with Crippen molar-refractivity contribution in [3.05, 3.63) is 42.5 Å². The minimum atomic E-state index is 0.757. The third-order valence-corrected chi connectivity index (χ3v) is 3.33. The second kappa shape index (κ2) is 4.49. The molecule has 0 aliphatic carbocycles. The first-order valence-corrected chi connectivity index (χ1v) is 6.24. The third-order valence-electron chi connectivity index (χ3n) is 2.54. The van der Waals surface area contributed by atoms with E-state index in [1.165, 1.54) is 0 Å². The van der Waals surface area contributed by atoms with E-state index in [4.69, 9.17) is 11.5 Å². The molecular weight excluding hydrogens is 216 g/mol. The van der Waals surface area contributed by atoms with E-state index in [1.807, 2.05) is 48.7 Å². The molecule has 0 bridgehead atoms. The van der Waals surface area contributed by atoms with Crippen molar-refractivity contribution in [3.8, 4) is 11.1 Å². The second-order valence-corrected chi connectivity index (χ2v) is 4.36. The number of para-hydroxylation sites is 2. The molecule has 2 aromatic rings. The van der Waals surface area contributed by atoms with E-state index in [1.54, 1.807) is 11.8 Å². The minimum absolute atomic E-state index is 0.757. The van der Waals surface area contributed by atoms with Crippen molar-refractivity contribution in [1.82, 2.24) is 0 Å². The summed E-state index contributed by atoms with van der Waals surface area (Å²) in [5, 5.41) is 0. The van der Waals surface area contributed by atoms with E-state index >= 15 is 0 Å². The van der Waals surface area contributed by atoms with Crippen LogP contribution in [0.4, 0.5) is 11.4 Å². The molecule has 0 aromatic heterocycles. The third kappa shape index (κ3) is 1.86. The van der Waals surface area contributed by atoms with Crippen LogP contribution in [0.25, 0.3) is 11.1 Å². The molecule has 0 amide bonds. The number of nitrogens with two attached hydrogens (primary N) is 2. The molecule has 0 aliphatic rings. The van der Waals surface area contributed by atoms with Gasteiger partial charge < -0.3 is 11.5 Å². The predicted octanol–water partition coefficient (Wildman–Crippen LogP) is 3.24. The summed E-state index contributed by atoms with van der Waals surface area (Å²) in [5.74, 6) is 0. The highest BCUT2D eigenvalue weighted by atomic mass is 32.2. The van der Waals surface area contributed by atoms with E-state index in [9.17, 15) is 0 Å². The standard InChI is InChI=1S/C13H14N2S/c1-16-12-8-4-6-10(13(12)15)9-5-2-3-7-11(9)14/h2-8H,14-15H2,1H3. The molecule has 0 aliphatic heterocycles. The molecule has 0 saturated carbocycles. The van der Waals surface area contributed by atoms with Crippen molar-refractivity contribution in [1.29, 1.82) is 0 Å². The number of thioether (sulfide) groups is 1. The summed E-state index contributed by atoms with van der Waals surface area (Å²) in [6, 6.07) is 13.8. The number of hydrogen-bond donors (Lipinski definition) is 2. The van der Waals surface area contributed by atoms with Gasteiger partial charge in [0.15, 0.2) is 0 Å². The second-order valence-electron chi connectivity index (χ2n) is 3.51. The van der Waals surface area contributed by atoms with Crippen LogP contribution >= 0.6 is 11.8 Å². The molecule has 2 rings (SSSR count). The van der Waals surface area contributed by atoms with Gasteiger partial charge in [-0.3, -0.25) is 0 Å². The van der Waals surface area contributed by atoms with Crippen molar-refractivity contribution >= 4 is 23.1 Å². The normalized spacial score (nSPS) is 10.3. The van der Waals surface area contributed by atoms with E-state index in [0.717, 1.165) is 27.4 Å². The van der Waals surface area contributed by atoms with Crippen LogP contribution in [0, 0.1) is 0 Å². The topological polar surface area (TPSA) is 52.0 Å². The zero-order valence-electron chi connectivity index (χ0n) is 9.10. The molecule has 0 heterocycles. The molecular formula is C13H14N2S. The fourth-order valence-electron chi connectivity index (χ4n) is 1.70. The van der Waals surface area contributed by atoms with Crippen molar-refractivity contribution in [2.24, 2.45) is 0 Å². The molecule has 0 spiro atoms. The number of nitrogen functional groups attached to an aromatic ring is 2. The average molecular weight is 230 g/mol. The van der Waals surface area contributed by atoms with Gasteiger partial charge in [-0.15, -0.1) is 11.8 Å². The fourth-order valence-corrected chi connectivity index (χ4v) is 2.24.